The third-order valence-electron chi connectivity index (χ3n) is 5.11. The fourth-order valence-corrected chi connectivity index (χ4v) is 4.83. The van der Waals surface area contributed by atoms with Gasteiger partial charge in [0, 0.05) is 18.8 Å². The molecule has 0 aliphatic carbocycles. The van der Waals surface area contributed by atoms with Crippen molar-refractivity contribution in [2.45, 2.75) is 19.8 Å². The molecule has 5 rings (SSSR count). The molecule has 5 heteroatoms. The van der Waals surface area contributed by atoms with E-state index in [9.17, 15) is 4.79 Å². The molecule has 130 valence electrons. The molecule has 4 aromatic rings. The number of hydrogen-bond acceptors (Lipinski definition) is 4. The van der Waals surface area contributed by atoms with Gasteiger partial charge < -0.3 is 4.90 Å². The maximum atomic E-state index is 12.9. The third kappa shape index (κ3) is 2.42. The molecule has 0 amide bonds. The molecule has 1 aliphatic rings. The first-order valence-corrected chi connectivity index (χ1v) is 9.80. The number of aromatic nitrogens is 2. The van der Waals surface area contributed by atoms with Crippen LogP contribution in [0.1, 0.15) is 24.0 Å². The molecule has 1 aliphatic heterocycles. The summed E-state index contributed by atoms with van der Waals surface area (Å²) < 4.78 is 2.45. The average molecular weight is 361 g/mol. The molecule has 0 spiro atoms. The van der Waals surface area contributed by atoms with Crippen LogP contribution in [0.3, 0.4) is 0 Å². The summed E-state index contributed by atoms with van der Waals surface area (Å²) in [6.45, 7) is 4.44. The van der Waals surface area contributed by atoms with E-state index in [1.165, 1.54) is 35.4 Å². The van der Waals surface area contributed by atoms with Crippen LogP contribution < -0.4 is 15.0 Å². The van der Waals surface area contributed by atoms with Crippen LogP contribution in [-0.2, 0) is 0 Å². The number of nitrogens with zero attached hydrogens (tertiary/aromatic N) is 3. The van der Waals surface area contributed by atoms with Gasteiger partial charge in [0.15, 0.2) is 4.96 Å². The van der Waals surface area contributed by atoms with E-state index in [1.54, 1.807) is 4.40 Å². The quantitative estimate of drug-likeness (QED) is 0.549. The van der Waals surface area contributed by atoms with Crippen LogP contribution in [0, 0.1) is 6.92 Å². The second-order valence-electron chi connectivity index (χ2n) is 6.87. The van der Waals surface area contributed by atoms with E-state index in [-0.39, 0.29) is 5.56 Å². The SMILES string of the molecule is Cc1cc(/C=c2/sc3nc4ccccc4n3c2=O)ccc1N1CCCC1. The first-order valence-electron chi connectivity index (χ1n) is 8.98. The predicted molar refractivity (Wildman–Crippen MR) is 108 cm³/mol. The van der Waals surface area contributed by atoms with Crippen LogP contribution >= 0.6 is 11.3 Å². The normalized spacial score (nSPS) is 15.6. The van der Waals surface area contributed by atoms with E-state index in [1.807, 2.05) is 30.3 Å². The average Bonchev–Trinajstić information content (AvgIpc) is 3.33. The Morgan fingerprint density at radius 3 is 2.73 bits per heavy atom. The summed E-state index contributed by atoms with van der Waals surface area (Å²) in [6.07, 6.45) is 4.53. The fourth-order valence-electron chi connectivity index (χ4n) is 3.84. The van der Waals surface area contributed by atoms with E-state index in [0.717, 1.165) is 39.2 Å². The molecule has 1 saturated heterocycles. The fraction of sp³-hybridized carbons (Fsp3) is 0.238. The maximum Gasteiger partial charge on any atom is 0.274 e. The van der Waals surface area contributed by atoms with Crippen molar-refractivity contribution in [3.8, 4) is 0 Å². The van der Waals surface area contributed by atoms with Crippen molar-refractivity contribution in [2.75, 3.05) is 18.0 Å². The summed E-state index contributed by atoms with van der Waals surface area (Å²) in [6, 6.07) is 14.2. The molecule has 2 aromatic carbocycles. The van der Waals surface area contributed by atoms with Crippen LogP contribution in [0.15, 0.2) is 47.3 Å². The Morgan fingerprint density at radius 2 is 1.92 bits per heavy atom. The maximum absolute atomic E-state index is 12.9. The first kappa shape index (κ1) is 15.6. The Labute approximate surface area is 155 Å². The van der Waals surface area contributed by atoms with Gasteiger partial charge in [-0.2, -0.15) is 0 Å². The number of aryl methyl sites for hydroxylation is 1. The summed E-state index contributed by atoms with van der Waals surface area (Å²) in [5.41, 5.74) is 5.40. The Morgan fingerprint density at radius 1 is 1.12 bits per heavy atom. The lowest BCUT2D eigenvalue weighted by molar-refractivity contribution is 0.949. The topological polar surface area (TPSA) is 37.6 Å². The van der Waals surface area contributed by atoms with Gasteiger partial charge in [0.05, 0.1) is 15.6 Å². The predicted octanol–water partition coefficient (Wildman–Crippen LogP) is 3.37. The highest BCUT2D eigenvalue weighted by molar-refractivity contribution is 7.15. The van der Waals surface area contributed by atoms with Crippen molar-refractivity contribution in [1.29, 1.82) is 0 Å². The van der Waals surface area contributed by atoms with Gasteiger partial charge in [0.1, 0.15) is 0 Å². The molecule has 0 atom stereocenters. The smallest absolute Gasteiger partial charge is 0.274 e. The van der Waals surface area contributed by atoms with Crippen molar-refractivity contribution < 1.29 is 0 Å². The molecule has 2 aromatic heterocycles. The summed E-state index contributed by atoms with van der Waals surface area (Å²) >= 11 is 1.45. The number of rotatable bonds is 2. The highest BCUT2D eigenvalue weighted by Gasteiger charge is 2.14. The third-order valence-corrected chi connectivity index (χ3v) is 6.08. The van der Waals surface area contributed by atoms with Crippen molar-refractivity contribution in [3.05, 3.63) is 68.5 Å². The lowest BCUT2D eigenvalue weighted by atomic mass is 10.1. The van der Waals surface area contributed by atoms with Crippen molar-refractivity contribution in [2.24, 2.45) is 0 Å². The van der Waals surface area contributed by atoms with Gasteiger partial charge in [0.2, 0.25) is 0 Å². The Hall–Kier alpha value is -2.66. The summed E-state index contributed by atoms with van der Waals surface area (Å²) in [4.78, 5) is 20.6. The lowest BCUT2D eigenvalue weighted by Gasteiger charge is -2.20. The number of benzene rings is 2. The van der Waals surface area contributed by atoms with Gasteiger partial charge in [0.25, 0.3) is 5.56 Å². The van der Waals surface area contributed by atoms with E-state index >= 15 is 0 Å². The van der Waals surface area contributed by atoms with Gasteiger partial charge in [-0.3, -0.25) is 4.79 Å². The molecule has 1 fully saturated rings. The Bertz CT molecular complexity index is 1230. The second kappa shape index (κ2) is 5.95. The number of fused-ring (bicyclic) bond motifs is 3. The van der Waals surface area contributed by atoms with Crippen LogP contribution in [0.2, 0.25) is 0 Å². The number of para-hydroxylation sites is 2. The van der Waals surface area contributed by atoms with Crippen molar-refractivity contribution >= 4 is 39.1 Å². The second-order valence-corrected chi connectivity index (χ2v) is 7.88. The van der Waals surface area contributed by atoms with Gasteiger partial charge in [-0.25, -0.2) is 9.38 Å². The highest BCUT2D eigenvalue weighted by atomic mass is 32.1. The molecule has 4 nitrogen and oxygen atoms in total. The minimum Gasteiger partial charge on any atom is -0.371 e. The number of imidazole rings is 1. The van der Waals surface area contributed by atoms with E-state index in [4.69, 9.17) is 0 Å². The standard InChI is InChI=1S/C21H19N3OS/c1-14-12-15(8-9-17(14)23-10-4-5-11-23)13-19-20(25)24-18-7-3-2-6-16(18)22-21(24)26-19/h2-3,6-9,12-13H,4-5,10-11H2,1H3/b19-13+. The minimum absolute atomic E-state index is 0.0139. The number of hydrogen-bond donors (Lipinski definition) is 0. The molecular formula is C21H19N3OS. The monoisotopic (exact) mass is 361 g/mol. The highest BCUT2D eigenvalue weighted by Crippen LogP contribution is 2.25. The zero-order valence-electron chi connectivity index (χ0n) is 14.6. The molecule has 0 unspecified atom stereocenters. The van der Waals surface area contributed by atoms with E-state index < -0.39 is 0 Å². The van der Waals surface area contributed by atoms with Crippen LogP contribution in [0.5, 0.6) is 0 Å². The summed E-state index contributed by atoms with van der Waals surface area (Å²) in [5, 5.41) is 0. The Balaban J connectivity index is 1.61. The Kier molecular flexibility index (Phi) is 3.57. The largest absolute Gasteiger partial charge is 0.371 e. The lowest BCUT2D eigenvalue weighted by Crippen LogP contribution is -2.22. The van der Waals surface area contributed by atoms with Gasteiger partial charge in [-0.05, 0) is 61.2 Å². The van der Waals surface area contributed by atoms with E-state index in [2.05, 4.69) is 35.0 Å². The van der Waals surface area contributed by atoms with Crippen LogP contribution in [0.25, 0.3) is 22.1 Å². The zero-order valence-corrected chi connectivity index (χ0v) is 15.4. The number of thiazole rings is 1. The van der Waals surface area contributed by atoms with Gasteiger partial charge in [-0.15, -0.1) is 0 Å². The van der Waals surface area contributed by atoms with Crippen molar-refractivity contribution in [1.82, 2.24) is 9.38 Å². The van der Waals surface area contributed by atoms with Crippen LogP contribution in [0.4, 0.5) is 5.69 Å². The van der Waals surface area contributed by atoms with Gasteiger partial charge >= 0.3 is 0 Å². The van der Waals surface area contributed by atoms with Gasteiger partial charge in [-0.1, -0.05) is 29.5 Å². The molecular weight excluding hydrogens is 342 g/mol. The van der Waals surface area contributed by atoms with Crippen molar-refractivity contribution in [3.63, 3.8) is 0 Å². The summed E-state index contributed by atoms with van der Waals surface area (Å²) in [7, 11) is 0. The molecule has 0 saturated carbocycles. The van der Waals surface area contributed by atoms with E-state index in [0.29, 0.717) is 0 Å². The number of anilines is 1. The molecule has 0 bridgehead atoms. The summed E-state index contributed by atoms with van der Waals surface area (Å²) in [5.74, 6) is 0. The van der Waals surface area contributed by atoms with Crippen LogP contribution in [-0.4, -0.2) is 22.5 Å². The zero-order chi connectivity index (χ0) is 17.7. The molecule has 3 heterocycles. The molecule has 0 radical (unpaired) electrons. The molecule has 26 heavy (non-hydrogen) atoms. The minimum atomic E-state index is 0.0139. The molecule has 0 N–H and O–H groups in total. The first-order chi connectivity index (χ1) is 12.7.